The Morgan fingerprint density at radius 1 is 0.966 bits per heavy atom. The number of carbonyl (C=O) groups excluding carboxylic acids is 1. The topological polar surface area (TPSA) is 36.4 Å². The van der Waals surface area contributed by atoms with Crippen LogP contribution in [0.1, 0.15) is 56.9 Å². The maximum atomic E-state index is 12.5. The van der Waals surface area contributed by atoms with Crippen LogP contribution in [0.5, 0.6) is 0 Å². The third-order valence-electron chi connectivity index (χ3n) is 2.81. The van der Waals surface area contributed by atoms with Crippen molar-refractivity contribution in [3.05, 3.63) is 40.9 Å². The summed E-state index contributed by atoms with van der Waals surface area (Å²) in [4.78, 5) is 21.1. The average molecular weight is 409 g/mol. The molecule has 154 valence electrons. The Morgan fingerprint density at radius 2 is 1.38 bits per heavy atom. The van der Waals surface area contributed by atoms with Gasteiger partial charge in [-0.25, -0.2) is 4.98 Å². The van der Waals surface area contributed by atoms with Crippen molar-refractivity contribution in [1.29, 1.82) is 0 Å². The van der Waals surface area contributed by atoms with E-state index < -0.39 is 0 Å². The Bertz CT molecular complexity index is 611. The minimum atomic E-state index is -0.0192. The van der Waals surface area contributed by atoms with Gasteiger partial charge in [-0.2, -0.15) is 0 Å². The number of benzene rings is 1. The third-order valence-corrected chi connectivity index (χ3v) is 4.12. The second-order valence-corrected chi connectivity index (χ2v) is 5.68. The zero-order valence-corrected chi connectivity index (χ0v) is 20.7. The van der Waals surface area contributed by atoms with Crippen molar-refractivity contribution >= 4 is 59.0 Å². The van der Waals surface area contributed by atoms with E-state index in [0.29, 0.717) is 4.88 Å². The van der Waals surface area contributed by atoms with Crippen molar-refractivity contribution < 1.29 is 4.79 Å². The van der Waals surface area contributed by atoms with E-state index in [1.807, 2.05) is 97.8 Å². The molecule has 0 saturated carbocycles. The first-order valence-corrected chi connectivity index (χ1v) is 10.5. The van der Waals surface area contributed by atoms with Crippen LogP contribution >= 0.6 is 11.3 Å². The number of aryl methyl sites for hydroxylation is 1. The number of carbonyl (C=O) groups is 1. The molecule has 0 aliphatic heterocycles. The Labute approximate surface area is 189 Å². The second kappa shape index (κ2) is 22.7. The molecule has 1 heterocycles. The van der Waals surface area contributed by atoms with Gasteiger partial charge in [0, 0.05) is 57.8 Å². The normalized spacial score (nSPS) is 7.79. The highest BCUT2D eigenvalue weighted by Crippen LogP contribution is 2.26. The standard InChI is InChI=1S/C14H17N3OS.3C2H6.B3.B/c1-10-12(19-14(15-10)16(2)3)13(18)17(4)11-8-6-5-7-9-11;3*1-2;1-3-2;/h5-9H,1-4H3;3*1-2H3;;. The molecule has 0 fully saturated rings. The molecule has 8 radical (unpaired) electrons. The smallest absolute Gasteiger partial charge is 0.270 e. The SMILES string of the molecule is CC.CC.CC.Cc1nc(N(C)C)sc1C(=O)N(C)c1ccccc1.[B].[B][B][B]. The van der Waals surface area contributed by atoms with Crippen LogP contribution in [0.3, 0.4) is 0 Å². The van der Waals surface area contributed by atoms with E-state index in [1.165, 1.54) is 11.3 Å². The van der Waals surface area contributed by atoms with Crippen molar-refractivity contribution in [1.82, 2.24) is 4.98 Å². The number of anilines is 2. The molecular formula is C20H35B4N3OS. The van der Waals surface area contributed by atoms with E-state index in [2.05, 4.69) is 20.5 Å². The summed E-state index contributed by atoms with van der Waals surface area (Å²) >= 11 is 1.42. The molecule has 0 bridgehead atoms. The molecule has 0 unspecified atom stereocenters. The number of aromatic nitrogens is 1. The molecule has 9 heteroatoms. The fraction of sp³-hybridized carbons (Fsp3) is 0.500. The zero-order valence-electron chi connectivity index (χ0n) is 19.9. The van der Waals surface area contributed by atoms with Gasteiger partial charge in [-0.05, 0) is 19.1 Å². The third kappa shape index (κ3) is 13.3. The highest BCUT2D eigenvalue weighted by molar-refractivity contribution is 7.17. The van der Waals surface area contributed by atoms with Crippen LogP contribution < -0.4 is 9.80 Å². The quantitative estimate of drug-likeness (QED) is 0.708. The molecule has 0 N–H and O–H groups in total. The van der Waals surface area contributed by atoms with Gasteiger partial charge in [0.1, 0.15) is 4.88 Å². The predicted molar refractivity (Wildman–Crippen MR) is 137 cm³/mol. The molecule has 4 nitrogen and oxygen atoms in total. The van der Waals surface area contributed by atoms with Crippen LogP contribution in [-0.2, 0) is 0 Å². The average Bonchev–Trinajstić information content (AvgIpc) is 3.14. The van der Waals surface area contributed by atoms with Crippen LogP contribution in [0.15, 0.2) is 30.3 Å². The highest BCUT2D eigenvalue weighted by Gasteiger charge is 2.20. The molecule has 0 spiro atoms. The molecule has 0 saturated heterocycles. The summed E-state index contributed by atoms with van der Waals surface area (Å²) in [5, 5.41) is 0.849. The van der Waals surface area contributed by atoms with Crippen molar-refractivity contribution in [3.63, 3.8) is 0 Å². The number of amides is 1. The number of para-hydroxylation sites is 1. The number of nitrogens with zero attached hydrogens (tertiary/aromatic N) is 3. The lowest BCUT2D eigenvalue weighted by Gasteiger charge is -2.16. The Hall–Kier alpha value is -1.62. The molecule has 2 aromatic rings. The largest absolute Gasteiger partial charge is 0.354 e. The summed E-state index contributed by atoms with van der Waals surface area (Å²) in [6.45, 7) is 13.9. The molecule has 1 amide bonds. The summed E-state index contributed by atoms with van der Waals surface area (Å²) in [5.74, 6) is -0.0192. The van der Waals surface area contributed by atoms with E-state index in [4.69, 9.17) is 0 Å². The van der Waals surface area contributed by atoms with Gasteiger partial charge in [-0.15, -0.1) is 0 Å². The summed E-state index contributed by atoms with van der Waals surface area (Å²) in [6, 6.07) is 9.61. The van der Waals surface area contributed by atoms with Gasteiger partial charge in [0.25, 0.3) is 5.91 Å². The number of hydrogen-bond donors (Lipinski definition) is 0. The van der Waals surface area contributed by atoms with Gasteiger partial charge in [0.2, 0.25) is 0 Å². The van der Waals surface area contributed by atoms with E-state index >= 15 is 0 Å². The van der Waals surface area contributed by atoms with Gasteiger partial charge in [-0.3, -0.25) is 4.79 Å². The first kappa shape index (κ1) is 34.9. The molecular weight excluding hydrogens is 374 g/mol. The lowest BCUT2D eigenvalue weighted by atomic mass is 9.40. The summed E-state index contributed by atoms with van der Waals surface area (Å²) in [7, 11) is 15.6. The van der Waals surface area contributed by atoms with Gasteiger partial charge < -0.3 is 9.80 Å². The van der Waals surface area contributed by atoms with Gasteiger partial charge in [0.05, 0.1) is 5.69 Å². The molecule has 29 heavy (non-hydrogen) atoms. The molecule has 2 rings (SSSR count). The van der Waals surface area contributed by atoms with Gasteiger partial charge >= 0.3 is 0 Å². The summed E-state index contributed by atoms with van der Waals surface area (Å²) < 4.78 is 0. The van der Waals surface area contributed by atoms with Gasteiger partial charge in [0.15, 0.2) is 5.13 Å². The van der Waals surface area contributed by atoms with Crippen molar-refractivity contribution in [2.45, 2.75) is 48.5 Å². The van der Waals surface area contributed by atoms with Crippen molar-refractivity contribution in [2.24, 2.45) is 0 Å². The van der Waals surface area contributed by atoms with Crippen LogP contribution in [0.25, 0.3) is 0 Å². The molecule has 1 aromatic heterocycles. The Balaban J connectivity index is -0.000000274. The lowest BCUT2D eigenvalue weighted by molar-refractivity contribution is 0.0996. The van der Waals surface area contributed by atoms with E-state index in [9.17, 15) is 4.79 Å². The van der Waals surface area contributed by atoms with Crippen LogP contribution in [0.4, 0.5) is 10.8 Å². The van der Waals surface area contributed by atoms with Crippen LogP contribution in [0.2, 0.25) is 0 Å². The number of rotatable bonds is 3. The highest BCUT2D eigenvalue weighted by atomic mass is 32.1. The first-order valence-electron chi connectivity index (χ1n) is 9.65. The fourth-order valence-corrected chi connectivity index (χ4v) is 2.66. The molecule has 0 atom stereocenters. The van der Waals surface area contributed by atoms with Gasteiger partial charge in [-0.1, -0.05) is 71.1 Å². The van der Waals surface area contributed by atoms with E-state index in [-0.39, 0.29) is 14.3 Å². The monoisotopic (exact) mass is 409 g/mol. The van der Waals surface area contributed by atoms with Crippen LogP contribution in [-0.4, -0.2) is 63.0 Å². The van der Waals surface area contributed by atoms with E-state index in [1.54, 1.807) is 11.9 Å². The van der Waals surface area contributed by atoms with Crippen LogP contribution in [0, 0.1) is 6.92 Å². The molecule has 0 aliphatic rings. The maximum absolute atomic E-state index is 12.5. The van der Waals surface area contributed by atoms with Crippen molar-refractivity contribution in [3.8, 4) is 0 Å². The minimum absolute atomic E-state index is 0. The summed E-state index contributed by atoms with van der Waals surface area (Å²) in [6.07, 6.45) is 0. The fourth-order valence-electron chi connectivity index (χ4n) is 1.69. The number of hydrogen-bond acceptors (Lipinski definition) is 4. The lowest BCUT2D eigenvalue weighted by Crippen LogP contribution is -2.25. The van der Waals surface area contributed by atoms with Crippen molar-refractivity contribution in [2.75, 3.05) is 30.9 Å². The number of thiazole rings is 1. The molecule has 0 aliphatic carbocycles. The molecule has 1 aromatic carbocycles. The predicted octanol–water partition coefficient (Wildman–Crippen LogP) is 4.35. The minimum Gasteiger partial charge on any atom is -0.354 e. The van der Waals surface area contributed by atoms with E-state index in [0.717, 1.165) is 23.6 Å². The Kier molecular flexibility index (Phi) is 27.2. The first-order chi connectivity index (χ1) is 13.4. The zero-order chi connectivity index (χ0) is 22.7. The Morgan fingerprint density at radius 3 is 1.72 bits per heavy atom. The second-order valence-electron chi connectivity index (χ2n) is 4.70. The maximum Gasteiger partial charge on any atom is 0.270 e. The summed E-state index contributed by atoms with van der Waals surface area (Å²) in [5.41, 5.74) is 1.66.